The zero-order chi connectivity index (χ0) is 34.1. The maximum absolute atomic E-state index is 12.8. The number of aromatic nitrogens is 8. The largest absolute Gasteiger partial charge is 2.00 e. The molecule has 0 bridgehead atoms. The first-order chi connectivity index (χ1) is 24.6. The maximum Gasteiger partial charge on any atom is 2.00 e. The first-order valence-electron chi connectivity index (χ1n) is 15.6. The van der Waals surface area contributed by atoms with Gasteiger partial charge in [-0.1, -0.05) is 97.1 Å². The van der Waals surface area contributed by atoms with Crippen LogP contribution in [-0.2, 0) is 42.1 Å². The molecule has 8 heterocycles. The minimum absolute atomic E-state index is 0. The van der Waals surface area contributed by atoms with E-state index in [4.69, 9.17) is 0 Å². The van der Waals surface area contributed by atoms with E-state index in [0.717, 1.165) is 55.4 Å². The van der Waals surface area contributed by atoms with Crippen LogP contribution in [0.25, 0.3) is 66.6 Å². The van der Waals surface area contributed by atoms with Gasteiger partial charge in [-0.2, -0.15) is 12.4 Å². The van der Waals surface area contributed by atoms with Gasteiger partial charge in [-0.15, -0.1) is 11.4 Å². The smallest absolute Gasteiger partial charge is 0.662 e. The number of pyridine rings is 4. The van der Waals surface area contributed by atoms with Gasteiger partial charge in [-0.05, 0) is 80.3 Å². The first-order valence-corrected chi connectivity index (χ1v) is 15.6. The van der Waals surface area contributed by atoms with Crippen LogP contribution in [0.5, 0.6) is 0 Å². The van der Waals surface area contributed by atoms with Gasteiger partial charge in [-0.25, -0.2) is 8.78 Å². The van der Waals surface area contributed by atoms with E-state index in [-0.39, 0.29) is 42.1 Å². The Morgan fingerprint density at radius 3 is 1.21 bits per heavy atom. The Hall–Kier alpha value is -5.56. The monoisotopic (exact) mass is 1050 g/mol. The molecule has 0 N–H and O–H groups in total. The van der Waals surface area contributed by atoms with Crippen LogP contribution in [0.4, 0.5) is 8.78 Å². The van der Waals surface area contributed by atoms with Crippen LogP contribution in [0.15, 0.2) is 158 Å². The molecule has 0 unspecified atom stereocenters. The van der Waals surface area contributed by atoms with E-state index in [0.29, 0.717) is 11.3 Å². The Morgan fingerprint density at radius 2 is 0.827 bits per heavy atom. The van der Waals surface area contributed by atoms with Gasteiger partial charge < -0.3 is 29.9 Å². The Balaban J connectivity index is 0.000000133. The van der Waals surface area contributed by atoms with Crippen LogP contribution >= 0.6 is 0 Å². The van der Waals surface area contributed by atoms with Crippen molar-refractivity contribution in [3.05, 3.63) is 170 Å². The second kappa shape index (κ2) is 18.1. The van der Waals surface area contributed by atoms with Crippen molar-refractivity contribution in [2.75, 3.05) is 0 Å². The zero-order valence-electron chi connectivity index (χ0n) is 27.0. The summed E-state index contributed by atoms with van der Waals surface area (Å²) in [5, 5.41) is 3.86. The van der Waals surface area contributed by atoms with Gasteiger partial charge in [0, 0.05) is 23.8 Å². The van der Waals surface area contributed by atoms with Crippen LogP contribution in [0.1, 0.15) is 0 Å². The fraction of sp³-hybridized carbons (Fsp3) is 0. The molecule has 8 nitrogen and oxygen atoms in total. The molecule has 0 aliphatic heterocycles. The van der Waals surface area contributed by atoms with E-state index in [1.54, 1.807) is 36.9 Å². The molecule has 0 saturated carbocycles. The fourth-order valence-electron chi connectivity index (χ4n) is 5.20. The number of halogens is 2. The Bertz CT molecular complexity index is 2390. The molecule has 0 saturated heterocycles. The topological polar surface area (TPSA) is 108 Å². The summed E-state index contributed by atoms with van der Waals surface area (Å²) in [6.07, 6.45) is 7.07. The average Bonchev–Trinajstić information content (AvgIpc) is 3.99. The first kappa shape index (κ1) is 37.7. The predicted octanol–water partition coefficient (Wildman–Crippen LogP) is 8.38. The van der Waals surface area contributed by atoms with E-state index >= 15 is 0 Å². The molecular formula is C40H26F2N8Pt2. The van der Waals surface area contributed by atoms with Crippen LogP contribution in [0, 0.1) is 11.9 Å². The molecule has 260 valence electrons. The van der Waals surface area contributed by atoms with Gasteiger partial charge in [0.15, 0.2) is 0 Å². The molecule has 10 aromatic rings. The number of nitrogens with zero attached hydrogens (tertiary/aromatic N) is 8. The van der Waals surface area contributed by atoms with Gasteiger partial charge in [0.1, 0.15) is 11.9 Å². The molecule has 0 aliphatic rings. The molecule has 0 atom stereocenters. The van der Waals surface area contributed by atoms with E-state index in [9.17, 15) is 8.78 Å². The van der Waals surface area contributed by atoms with Crippen molar-refractivity contribution < 1.29 is 50.9 Å². The Morgan fingerprint density at radius 1 is 0.404 bits per heavy atom. The third-order valence-electron chi connectivity index (χ3n) is 7.49. The molecule has 12 heteroatoms. The fourth-order valence-corrected chi connectivity index (χ4v) is 5.20. The predicted molar refractivity (Wildman–Crippen MR) is 191 cm³/mol. The van der Waals surface area contributed by atoms with Crippen molar-refractivity contribution in [3.63, 3.8) is 0 Å². The summed E-state index contributed by atoms with van der Waals surface area (Å²) in [6, 6.07) is 40.9. The number of rotatable bonds is 2. The minimum atomic E-state index is -0.486. The molecule has 2 aromatic carbocycles. The van der Waals surface area contributed by atoms with Crippen molar-refractivity contribution in [1.82, 2.24) is 39.9 Å². The van der Waals surface area contributed by atoms with Crippen molar-refractivity contribution in [2.45, 2.75) is 0 Å². The summed E-state index contributed by atoms with van der Waals surface area (Å²) < 4.78 is 25.6. The number of hydrogen-bond acceptors (Lipinski definition) is 4. The minimum Gasteiger partial charge on any atom is -0.662 e. The van der Waals surface area contributed by atoms with Crippen molar-refractivity contribution in [1.29, 1.82) is 0 Å². The quantitative estimate of drug-likeness (QED) is 0.159. The average molecular weight is 1050 g/mol. The van der Waals surface area contributed by atoms with Gasteiger partial charge in [0.05, 0.1) is 0 Å². The molecule has 8 aromatic heterocycles. The van der Waals surface area contributed by atoms with Crippen LogP contribution in [0.2, 0.25) is 0 Å². The normalized spacial score (nSPS) is 10.2. The van der Waals surface area contributed by atoms with Gasteiger partial charge in [-0.3, -0.25) is 9.97 Å². The maximum atomic E-state index is 12.8. The number of hydrogen-bond donors (Lipinski definition) is 0. The van der Waals surface area contributed by atoms with Crippen molar-refractivity contribution >= 4 is 43.9 Å². The molecule has 0 fully saturated rings. The summed E-state index contributed by atoms with van der Waals surface area (Å²) in [5.41, 5.74) is 6.41. The van der Waals surface area contributed by atoms with Crippen molar-refractivity contribution in [2.24, 2.45) is 0 Å². The third-order valence-corrected chi connectivity index (χ3v) is 7.49. The number of benzene rings is 2. The van der Waals surface area contributed by atoms with Crippen LogP contribution in [-0.4, -0.2) is 19.9 Å². The number of para-hydroxylation sites is 2. The molecular weight excluding hydrogens is 1020 g/mol. The summed E-state index contributed by atoms with van der Waals surface area (Å²) in [5.74, 6) is -0.972. The van der Waals surface area contributed by atoms with Crippen LogP contribution in [0.3, 0.4) is 0 Å². The molecule has 0 spiro atoms. The van der Waals surface area contributed by atoms with Crippen LogP contribution < -0.4 is 19.9 Å². The SMILES string of the molecule is Fc1ccc2c(n1)[n-]c1ccccc12.Fc1ccc2c(n1)[n-]c1ccccc12.[Pt+2].[Pt+2].c1ccc(-c2ccc[n-]2)nc1.c1ccc(-c2ccc[n-]2)nc1. The van der Waals surface area contributed by atoms with Gasteiger partial charge in [0.25, 0.3) is 0 Å². The number of fused-ring (bicyclic) bond motifs is 6. The zero-order valence-corrected chi connectivity index (χ0v) is 31.5. The van der Waals surface area contributed by atoms with E-state index in [1.807, 2.05) is 109 Å². The molecule has 0 amide bonds. The Kier molecular flexibility index (Phi) is 13.1. The second-order valence-electron chi connectivity index (χ2n) is 10.7. The van der Waals surface area contributed by atoms with E-state index in [1.165, 1.54) is 12.1 Å². The Labute approximate surface area is 325 Å². The molecule has 0 radical (unpaired) electrons. The second-order valence-corrected chi connectivity index (χ2v) is 10.7. The van der Waals surface area contributed by atoms with E-state index < -0.39 is 11.9 Å². The molecule has 0 aliphatic carbocycles. The van der Waals surface area contributed by atoms with Crippen molar-refractivity contribution in [3.8, 4) is 22.8 Å². The molecule has 10 rings (SSSR count). The summed E-state index contributed by atoms with van der Waals surface area (Å²) >= 11 is 0. The van der Waals surface area contributed by atoms with E-state index in [2.05, 4.69) is 39.9 Å². The summed E-state index contributed by atoms with van der Waals surface area (Å²) in [6.45, 7) is 0. The molecule has 52 heavy (non-hydrogen) atoms. The van der Waals surface area contributed by atoms with Gasteiger partial charge in [0.2, 0.25) is 0 Å². The summed E-state index contributed by atoms with van der Waals surface area (Å²) in [7, 11) is 0. The van der Waals surface area contributed by atoms with Gasteiger partial charge >= 0.3 is 42.1 Å². The third kappa shape index (κ3) is 9.02. The standard InChI is InChI=1S/2C11H6FN2.2C9H7N2.2Pt/c2*12-10-6-5-8-7-3-1-2-4-9(7)13-11(8)14-10;2*1-2-6-10-8(4-1)9-5-3-7-11-9;;/h2*1-6H;2*1-7H;;/q4*-1;2*+2. The summed E-state index contributed by atoms with van der Waals surface area (Å²) in [4.78, 5) is 32.5.